The van der Waals surface area contributed by atoms with Gasteiger partial charge in [0.15, 0.2) is 0 Å². The fourth-order valence-electron chi connectivity index (χ4n) is 7.55. The van der Waals surface area contributed by atoms with Crippen LogP contribution >= 0.6 is 0 Å². The topological polar surface area (TPSA) is 45.3 Å². The molecule has 5 fully saturated rings. The van der Waals surface area contributed by atoms with Crippen LogP contribution in [0.25, 0.3) is 0 Å². The molecule has 174 valence electrons. The summed E-state index contributed by atoms with van der Waals surface area (Å²) in [4.78, 5) is 18.0. The molecule has 3 heterocycles. The van der Waals surface area contributed by atoms with Crippen molar-refractivity contribution in [3.8, 4) is 0 Å². The molecule has 0 radical (unpaired) electrons. The maximum absolute atomic E-state index is 13.0. The predicted molar refractivity (Wildman–Crippen MR) is 125 cm³/mol. The molecule has 3 aliphatic heterocycles. The van der Waals surface area contributed by atoms with Crippen LogP contribution in [0.2, 0.25) is 0 Å². The summed E-state index contributed by atoms with van der Waals surface area (Å²) in [5, 5.41) is 0. The fourth-order valence-corrected chi connectivity index (χ4v) is 7.55. The Kier molecular flexibility index (Phi) is 4.89. The first kappa shape index (κ1) is 21.0. The second-order valence-corrected chi connectivity index (χ2v) is 11.7. The number of ether oxygens (including phenoxy) is 2. The number of carbonyl (C=O) groups excluding carboxylic acids is 1. The molecule has 1 aromatic carbocycles. The van der Waals surface area contributed by atoms with Gasteiger partial charge in [-0.3, -0.25) is 9.69 Å². The third-order valence-corrected chi connectivity index (χ3v) is 9.76. The van der Waals surface area contributed by atoms with E-state index in [9.17, 15) is 4.79 Å². The molecule has 2 saturated carbocycles. The number of nitrogens with zero attached hydrogens (tertiary/aromatic N) is 2. The minimum Gasteiger partial charge on any atom is -0.462 e. The number of benzene rings is 1. The summed E-state index contributed by atoms with van der Waals surface area (Å²) in [7, 11) is 0. The maximum atomic E-state index is 13.0. The van der Waals surface area contributed by atoms with Crippen LogP contribution in [0, 0.1) is 37.0 Å². The van der Waals surface area contributed by atoms with Gasteiger partial charge in [0.2, 0.25) is 0 Å². The lowest BCUT2D eigenvalue weighted by atomic mass is 9.53. The van der Waals surface area contributed by atoms with E-state index in [-0.39, 0.29) is 29.0 Å². The van der Waals surface area contributed by atoms with Gasteiger partial charge in [0.1, 0.15) is 6.10 Å². The number of carbonyl (C=O) groups is 1. The van der Waals surface area contributed by atoms with Crippen LogP contribution in [-0.2, 0) is 14.3 Å². The van der Waals surface area contributed by atoms with Crippen LogP contribution in [0.5, 0.6) is 0 Å². The highest BCUT2D eigenvalue weighted by molar-refractivity contribution is 5.75. The maximum Gasteiger partial charge on any atom is 0.310 e. The van der Waals surface area contributed by atoms with E-state index in [1.807, 2.05) is 0 Å². The van der Waals surface area contributed by atoms with Crippen molar-refractivity contribution in [2.45, 2.75) is 64.6 Å². The van der Waals surface area contributed by atoms with Crippen molar-refractivity contribution in [3.05, 3.63) is 29.3 Å². The van der Waals surface area contributed by atoms with Crippen LogP contribution in [0.3, 0.4) is 0 Å². The third-order valence-electron chi connectivity index (χ3n) is 9.76. The fraction of sp³-hybridized carbons (Fsp3) is 0.741. The standard InChI is InChI=1S/C27H38N2O3/c1-18-5-6-20(13-19(18)2)29-11-9-28(10-12-29)16-22-21-14-24-26(3,15-23(21)32-25(22)30)7-4-8-27(24)17-31-27/h5-6,13,21-24H,4,7-12,14-17H2,1-3H3/t21-,22+,23+,24+,26+,27-/m0/s1. The highest BCUT2D eigenvalue weighted by atomic mass is 16.6. The number of hydrogen-bond acceptors (Lipinski definition) is 5. The van der Waals surface area contributed by atoms with E-state index in [2.05, 4.69) is 48.8 Å². The van der Waals surface area contributed by atoms with Crippen molar-refractivity contribution in [1.29, 1.82) is 0 Å². The molecule has 5 heteroatoms. The second kappa shape index (κ2) is 7.46. The van der Waals surface area contributed by atoms with Crippen molar-refractivity contribution in [2.75, 3.05) is 44.2 Å². The molecule has 0 amide bonds. The average molecular weight is 439 g/mol. The zero-order valence-electron chi connectivity index (χ0n) is 19.9. The number of esters is 1. The number of hydrogen-bond donors (Lipinski definition) is 0. The Bertz CT molecular complexity index is 904. The van der Waals surface area contributed by atoms with E-state index in [4.69, 9.17) is 9.47 Å². The molecule has 3 saturated heterocycles. The molecule has 6 atom stereocenters. The molecule has 0 aromatic heterocycles. The Morgan fingerprint density at radius 3 is 2.59 bits per heavy atom. The summed E-state index contributed by atoms with van der Waals surface area (Å²) in [6.07, 6.45) is 6.00. The molecule has 5 nitrogen and oxygen atoms in total. The number of fused-ring (bicyclic) bond motifs is 3. The van der Waals surface area contributed by atoms with Gasteiger partial charge in [0.05, 0.1) is 18.1 Å². The first-order valence-corrected chi connectivity index (χ1v) is 12.8. The molecule has 0 N–H and O–H groups in total. The second-order valence-electron chi connectivity index (χ2n) is 11.7. The van der Waals surface area contributed by atoms with Crippen molar-refractivity contribution < 1.29 is 14.3 Å². The summed E-state index contributed by atoms with van der Waals surface area (Å²) >= 11 is 0. The van der Waals surface area contributed by atoms with Gasteiger partial charge in [-0.05, 0) is 80.5 Å². The highest BCUT2D eigenvalue weighted by Crippen LogP contribution is 2.62. The normalized spacial score (nSPS) is 41.3. The quantitative estimate of drug-likeness (QED) is 0.528. The van der Waals surface area contributed by atoms with Gasteiger partial charge in [-0.15, -0.1) is 0 Å². The van der Waals surface area contributed by atoms with E-state index in [0.717, 1.165) is 52.2 Å². The van der Waals surface area contributed by atoms with Crippen molar-refractivity contribution in [1.82, 2.24) is 4.90 Å². The smallest absolute Gasteiger partial charge is 0.310 e. The number of rotatable bonds is 3. The number of aryl methyl sites for hydroxylation is 2. The zero-order valence-corrected chi connectivity index (χ0v) is 19.9. The Labute approximate surface area is 192 Å². The van der Waals surface area contributed by atoms with Crippen molar-refractivity contribution in [3.63, 3.8) is 0 Å². The first-order chi connectivity index (χ1) is 15.4. The summed E-state index contributed by atoms with van der Waals surface area (Å²) < 4.78 is 12.1. The molecular formula is C27H38N2O3. The van der Waals surface area contributed by atoms with Gasteiger partial charge in [-0.2, -0.15) is 0 Å². The molecule has 1 aromatic rings. The molecule has 6 rings (SSSR count). The Hall–Kier alpha value is -1.59. The van der Waals surface area contributed by atoms with E-state index in [0.29, 0.717) is 11.8 Å². The minimum atomic E-state index is 0.0374. The lowest BCUT2D eigenvalue weighted by Gasteiger charge is -2.51. The van der Waals surface area contributed by atoms with Gasteiger partial charge in [-0.1, -0.05) is 13.0 Å². The molecule has 5 aliphatic rings. The van der Waals surface area contributed by atoms with E-state index in [1.165, 1.54) is 36.1 Å². The Morgan fingerprint density at radius 1 is 1.09 bits per heavy atom. The van der Waals surface area contributed by atoms with Crippen LogP contribution in [0.1, 0.15) is 50.2 Å². The van der Waals surface area contributed by atoms with E-state index < -0.39 is 0 Å². The van der Waals surface area contributed by atoms with E-state index >= 15 is 0 Å². The molecule has 1 spiro atoms. The zero-order chi connectivity index (χ0) is 22.1. The van der Waals surface area contributed by atoms with Crippen LogP contribution in [0.15, 0.2) is 18.2 Å². The van der Waals surface area contributed by atoms with Gasteiger partial charge < -0.3 is 14.4 Å². The minimum absolute atomic E-state index is 0.0374. The highest BCUT2D eigenvalue weighted by Gasteiger charge is 2.65. The lowest BCUT2D eigenvalue weighted by Crippen LogP contribution is -2.52. The summed E-state index contributed by atoms with van der Waals surface area (Å²) in [5.41, 5.74) is 4.44. The number of epoxide rings is 1. The van der Waals surface area contributed by atoms with Gasteiger partial charge >= 0.3 is 5.97 Å². The predicted octanol–water partition coefficient (Wildman–Crippen LogP) is 3.95. The monoisotopic (exact) mass is 438 g/mol. The molecule has 32 heavy (non-hydrogen) atoms. The summed E-state index contributed by atoms with van der Waals surface area (Å²) in [6.45, 7) is 12.7. The van der Waals surface area contributed by atoms with Crippen molar-refractivity contribution >= 4 is 11.7 Å². The van der Waals surface area contributed by atoms with Crippen LogP contribution < -0.4 is 4.90 Å². The van der Waals surface area contributed by atoms with Crippen molar-refractivity contribution in [2.24, 2.45) is 23.2 Å². The summed E-state index contributed by atoms with van der Waals surface area (Å²) in [6, 6.07) is 6.78. The molecule has 0 bridgehead atoms. The SMILES string of the molecule is Cc1ccc(N2CCN(C[C@H]3C(=O)O[C@@H]4C[C@@]5(C)CCC[C@]6(CO6)[C@@H]5C[C@H]43)CC2)cc1C. The van der Waals surface area contributed by atoms with Gasteiger partial charge in [0.25, 0.3) is 0 Å². The van der Waals surface area contributed by atoms with Gasteiger partial charge in [0, 0.05) is 44.3 Å². The lowest BCUT2D eigenvalue weighted by molar-refractivity contribution is -0.147. The average Bonchev–Trinajstić information content (AvgIpc) is 3.47. The largest absolute Gasteiger partial charge is 0.462 e. The number of piperazine rings is 1. The van der Waals surface area contributed by atoms with Crippen LogP contribution in [-0.4, -0.2) is 61.9 Å². The summed E-state index contributed by atoms with van der Waals surface area (Å²) in [5.74, 6) is 1.07. The Balaban J connectivity index is 1.11. The van der Waals surface area contributed by atoms with Crippen LogP contribution in [0.4, 0.5) is 5.69 Å². The third kappa shape index (κ3) is 3.38. The van der Waals surface area contributed by atoms with Gasteiger partial charge in [-0.25, -0.2) is 0 Å². The Morgan fingerprint density at radius 2 is 1.88 bits per heavy atom. The van der Waals surface area contributed by atoms with E-state index in [1.54, 1.807) is 0 Å². The molecule has 2 aliphatic carbocycles. The number of anilines is 1. The molecule has 0 unspecified atom stereocenters. The first-order valence-electron chi connectivity index (χ1n) is 12.8. The molecular weight excluding hydrogens is 400 g/mol.